The van der Waals surface area contributed by atoms with Gasteiger partial charge in [0.15, 0.2) is 0 Å². The monoisotopic (exact) mass is 191 g/mol. The molecule has 0 saturated carbocycles. The highest BCUT2D eigenvalue weighted by atomic mass is 14.7. The summed E-state index contributed by atoms with van der Waals surface area (Å²) in [5, 5.41) is 0. The third-order valence-electron chi connectivity index (χ3n) is 2.85. The predicted octanol–water partition coefficient (Wildman–Crippen LogP) is 3.96. The van der Waals surface area contributed by atoms with Crippen LogP contribution < -0.4 is 0 Å². The molecule has 0 spiro atoms. The molecule has 1 rings (SSSR count). The molecule has 0 radical (unpaired) electrons. The van der Waals surface area contributed by atoms with Gasteiger partial charge in [-0.15, -0.1) is 0 Å². The minimum Gasteiger partial charge on any atom is -0.257 e. The molecule has 0 aliphatic carbocycles. The first-order valence-corrected chi connectivity index (χ1v) is 5.49. The van der Waals surface area contributed by atoms with E-state index in [1.165, 1.54) is 11.4 Å². The average molecular weight is 191 g/mol. The van der Waals surface area contributed by atoms with Gasteiger partial charge in [0.05, 0.1) is 0 Å². The Labute approximate surface area is 87.6 Å². The molecule has 0 fully saturated rings. The lowest BCUT2D eigenvalue weighted by molar-refractivity contribution is 0.521. The Morgan fingerprint density at radius 2 is 1.50 bits per heavy atom. The van der Waals surface area contributed by atoms with Crippen LogP contribution in [-0.2, 0) is 0 Å². The predicted molar refractivity (Wildman–Crippen MR) is 61.6 cm³/mol. The fraction of sp³-hybridized carbons (Fsp3) is 0.615. The van der Waals surface area contributed by atoms with Crippen LogP contribution in [0.1, 0.15) is 57.8 Å². The Balaban J connectivity index is 2.93. The van der Waals surface area contributed by atoms with Gasteiger partial charge in [-0.1, -0.05) is 40.7 Å². The summed E-state index contributed by atoms with van der Waals surface area (Å²) in [6.07, 6.45) is 0. The zero-order valence-electron chi connectivity index (χ0n) is 9.91. The van der Waals surface area contributed by atoms with Crippen molar-refractivity contribution in [3.63, 3.8) is 0 Å². The van der Waals surface area contributed by atoms with E-state index >= 15 is 0 Å². The topological polar surface area (TPSA) is 12.9 Å². The van der Waals surface area contributed by atoms with Crippen molar-refractivity contribution in [2.24, 2.45) is 5.92 Å². The molecule has 1 aromatic rings. The van der Waals surface area contributed by atoms with E-state index < -0.39 is 0 Å². The van der Waals surface area contributed by atoms with Gasteiger partial charge in [-0.3, -0.25) is 4.98 Å². The Bertz CT molecular complexity index is 289. The number of hydrogen-bond donors (Lipinski definition) is 0. The second-order valence-corrected chi connectivity index (χ2v) is 4.67. The molecule has 1 heteroatoms. The number of hydrogen-bond acceptors (Lipinski definition) is 1. The molecule has 0 N–H and O–H groups in total. The van der Waals surface area contributed by atoms with Gasteiger partial charge in [-0.05, 0) is 24.0 Å². The lowest BCUT2D eigenvalue weighted by Gasteiger charge is -2.16. The maximum absolute atomic E-state index is 4.69. The van der Waals surface area contributed by atoms with Crippen molar-refractivity contribution in [3.05, 3.63) is 29.6 Å². The third-order valence-corrected chi connectivity index (χ3v) is 2.85. The molecule has 1 unspecified atom stereocenters. The molecule has 0 saturated heterocycles. The normalized spacial score (nSPS) is 13.6. The maximum Gasteiger partial charge on any atom is 0.0437 e. The van der Waals surface area contributed by atoms with E-state index in [0.29, 0.717) is 17.8 Å². The van der Waals surface area contributed by atoms with Crippen molar-refractivity contribution in [2.75, 3.05) is 0 Å². The number of rotatable bonds is 3. The van der Waals surface area contributed by atoms with Gasteiger partial charge in [0.2, 0.25) is 0 Å². The van der Waals surface area contributed by atoms with Crippen LogP contribution in [0.2, 0.25) is 0 Å². The van der Waals surface area contributed by atoms with E-state index in [4.69, 9.17) is 4.98 Å². The molecule has 1 nitrogen and oxygen atoms in total. The first kappa shape index (κ1) is 11.2. The Kier molecular flexibility index (Phi) is 3.68. The van der Waals surface area contributed by atoms with E-state index in [1.807, 2.05) is 0 Å². The van der Waals surface area contributed by atoms with Crippen molar-refractivity contribution >= 4 is 0 Å². The Hall–Kier alpha value is -0.850. The summed E-state index contributed by atoms with van der Waals surface area (Å²) >= 11 is 0. The van der Waals surface area contributed by atoms with Gasteiger partial charge in [0, 0.05) is 17.3 Å². The lowest BCUT2D eigenvalue weighted by Crippen LogP contribution is -2.06. The summed E-state index contributed by atoms with van der Waals surface area (Å²) in [5.41, 5.74) is 2.43. The summed E-state index contributed by atoms with van der Waals surface area (Å²) < 4.78 is 0. The van der Waals surface area contributed by atoms with Crippen LogP contribution in [0.4, 0.5) is 0 Å². The van der Waals surface area contributed by atoms with E-state index in [2.05, 4.69) is 52.8 Å². The van der Waals surface area contributed by atoms with Crippen molar-refractivity contribution in [3.8, 4) is 0 Å². The SMILES string of the molecule is CC(C)c1cccc(C(C)C(C)C)n1. The molecule has 1 aromatic heterocycles. The summed E-state index contributed by atoms with van der Waals surface area (Å²) in [5.74, 6) is 1.73. The first-order valence-electron chi connectivity index (χ1n) is 5.49. The van der Waals surface area contributed by atoms with Gasteiger partial charge in [0.25, 0.3) is 0 Å². The summed E-state index contributed by atoms with van der Waals surface area (Å²) in [6.45, 7) is 11.1. The third kappa shape index (κ3) is 2.57. The standard InChI is InChI=1S/C13H21N/c1-9(2)11(5)13-8-6-7-12(14-13)10(3)4/h6-11H,1-5H3. The molecule has 14 heavy (non-hydrogen) atoms. The van der Waals surface area contributed by atoms with Crippen LogP contribution in [0, 0.1) is 5.92 Å². The quantitative estimate of drug-likeness (QED) is 0.704. The lowest BCUT2D eigenvalue weighted by atomic mass is 9.93. The molecule has 0 bridgehead atoms. The molecule has 0 aromatic carbocycles. The molecule has 78 valence electrons. The van der Waals surface area contributed by atoms with Gasteiger partial charge in [-0.2, -0.15) is 0 Å². The minimum absolute atomic E-state index is 0.523. The van der Waals surface area contributed by atoms with Crippen LogP contribution in [0.25, 0.3) is 0 Å². The largest absolute Gasteiger partial charge is 0.257 e. The van der Waals surface area contributed by atoms with Gasteiger partial charge < -0.3 is 0 Å². The number of aromatic nitrogens is 1. The van der Waals surface area contributed by atoms with Crippen LogP contribution >= 0.6 is 0 Å². The number of pyridine rings is 1. The molecule has 0 aliphatic heterocycles. The molecule has 1 atom stereocenters. The van der Waals surface area contributed by atoms with Gasteiger partial charge in [-0.25, -0.2) is 0 Å². The van der Waals surface area contributed by atoms with Crippen molar-refractivity contribution in [2.45, 2.75) is 46.5 Å². The average Bonchev–Trinajstić information content (AvgIpc) is 2.16. The second-order valence-electron chi connectivity index (χ2n) is 4.67. The van der Waals surface area contributed by atoms with Crippen LogP contribution in [0.15, 0.2) is 18.2 Å². The highest BCUT2D eigenvalue weighted by molar-refractivity contribution is 5.16. The van der Waals surface area contributed by atoms with Crippen molar-refractivity contribution in [1.29, 1.82) is 0 Å². The minimum atomic E-state index is 0.523. The van der Waals surface area contributed by atoms with Crippen molar-refractivity contribution < 1.29 is 0 Å². The second kappa shape index (κ2) is 4.59. The maximum atomic E-state index is 4.69. The highest BCUT2D eigenvalue weighted by Gasteiger charge is 2.12. The molecular formula is C13H21N. The molecule has 0 aliphatic rings. The van der Waals surface area contributed by atoms with E-state index in [9.17, 15) is 0 Å². The summed E-state index contributed by atoms with van der Waals surface area (Å²) in [4.78, 5) is 4.69. The van der Waals surface area contributed by atoms with Gasteiger partial charge in [0.1, 0.15) is 0 Å². The zero-order valence-corrected chi connectivity index (χ0v) is 9.91. The van der Waals surface area contributed by atoms with Crippen LogP contribution in [-0.4, -0.2) is 4.98 Å². The van der Waals surface area contributed by atoms with Crippen LogP contribution in [0.5, 0.6) is 0 Å². The van der Waals surface area contributed by atoms with E-state index in [-0.39, 0.29) is 0 Å². The first-order chi connectivity index (χ1) is 6.52. The number of nitrogens with zero attached hydrogens (tertiary/aromatic N) is 1. The highest BCUT2D eigenvalue weighted by Crippen LogP contribution is 2.23. The van der Waals surface area contributed by atoms with E-state index in [0.717, 1.165) is 0 Å². The summed E-state index contributed by atoms with van der Waals surface area (Å²) in [7, 11) is 0. The molecular weight excluding hydrogens is 170 g/mol. The smallest absolute Gasteiger partial charge is 0.0437 e. The van der Waals surface area contributed by atoms with Gasteiger partial charge >= 0.3 is 0 Å². The van der Waals surface area contributed by atoms with E-state index in [1.54, 1.807) is 0 Å². The van der Waals surface area contributed by atoms with Crippen molar-refractivity contribution in [1.82, 2.24) is 4.98 Å². The fourth-order valence-electron chi connectivity index (χ4n) is 1.39. The zero-order chi connectivity index (χ0) is 10.7. The Morgan fingerprint density at radius 3 is 2.00 bits per heavy atom. The fourth-order valence-corrected chi connectivity index (χ4v) is 1.39. The Morgan fingerprint density at radius 1 is 0.929 bits per heavy atom. The van der Waals surface area contributed by atoms with Crippen LogP contribution in [0.3, 0.4) is 0 Å². The molecule has 1 heterocycles. The summed E-state index contributed by atoms with van der Waals surface area (Å²) in [6, 6.07) is 6.37. The molecule has 0 amide bonds.